The summed E-state index contributed by atoms with van der Waals surface area (Å²) in [6, 6.07) is -4.35. The molecular weight excluding hydrogens is 954 g/mol. The Labute approximate surface area is 373 Å². The molecule has 0 spiro atoms. The van der Waals surface area contributed by atoms with Crippen molar-refractivity contribution in [2.75, 3.05) is 13.7 Å². The molecule has 0 aromatic rings. The first-order valence-corrected chi connectivity index (χ1v) is 22.3. The molecule has 0 saturated carbocycles. The van der Waals surface area contributed by atoms with Gasteiger partial charge in [-0.2, -0.15) is 16.8 Å². The van der Waals surface area contributed by atoms with Crippen molar-refractivity contribution in [1.29, 1.82) is 0 Å². The Bertz CT molecular complexity index is 1890. The fraction of sp³-hybridized carbons (Fsp3) is 0.906. The number of aliphatic hydroxyl groups excluding tert-OH is 6. The summed E-state index contributed by atoms with van der Waals surface area (Å²) in [4.78, 5) is 36.6. The Morgan fingerprint density at radius 1 is 0.636 bits per heavy atom. The van der Waals surface area contributed by atoms with E-state index < -0.39 is 187 Å². The van der Waals surface area contributed by atoms with Gasteiger partial charge in [0.1, 0.15) is 61.0 Å². The van der Waals surface area contributed by atoms with Gasteiger partial charge in [0.25, 0.3) is 0 Å². The van der Waals surface area contributed by atoms with Crippen molar-refractivity contribution >= 4 is 39.2 Å². The van der Waals surface area contributed by atoms with Crippen LogP contribution in [0.3, 0.4) is 0 Å². The molecule has 382 valence electrons. The highest BCUT2D eigenvalue weighted by molar-refractivity contribution is 7.81. The van der Waals surface area contributed by atoms with Crippen molar-refractivity contribution in [3.05, 3.63) is 0 Å². The van der Waals surface area contributed by atoms with Gasteiger partial charge in [0, 0.05) is 7.11 Å². The number of carbonyl (C=O) groups excluding carboxylic acids is 2. The fourth-order valence-electron chi connectivity index (χ4n) is 7.62. The van der Waals surface area contributed by atoms with Crippen LogP contribution in [-0.4, -0.2) is 241 Å². The molecule has 10 unspecified atom stereocenters. The van der Waals surface area contributed by atoms with Crippen molar-refractivity contribution < 1.29 is 137 Å². The summed E-state index contributed by atoms with van der Waals surface area (Å²) in [5.41, 5.74) is 18.2. The van der Waals surface area contributed by atoms with Crippen LogP contribution in [0.5, 0.6) is 0 Å². The van der Waals surface area contributed by atoms with Crippen LogP contribution in [0, 0.1) is 0 Å². The average molecular weight is 1010 g/mol. The predicted octanol–water partition coefficient (Wildman–Crippen LogP) is -8.83. The smallest absolute Gasteiger partial charge is 0.397 e. The molecule has 5 fully saturated rings. The van der Waals surface area contributed by atoms with Crippen LogP contribution in [0.2, 0.25) is 0 Å². The number of carboxylic acid groups (broad SMARTS) is 1. The maximum Gasteiger partial charge on any atom is 0.397 e. The van der Waals surface area contributed by atoms with Gasteiger partial charge in [-0.25, -0.2) is 18.0 Å². The minimum atomic E-state index is -5.59. The number of aliphatic hydroxyl groups is 6. The molecule has 5 heterocycles. The standard InChI is InChI=1S/C32H53N3O29S2/c1-7-10(57-31-18(41)17(40)21(25(63-31)27(45)53-6-36)61-30-12(34)15(38)14(37)8(2)56-30)4-9(33)28(55-7)60-22-19(42)23(64-66(49,50)51)32(62-24(22)26(43)44)59-20-11(5-54-65(46,47)48)58-29(52-3)13(35)16(20)39/h6-25,28-32,37-42H,4-5,33-35H2,1-3H3,(H,43,44)(H,46,47,48)(H,49,50,51)/t7?,8?,9?,10-,11?,12?,13?,14+,15+,16+,17+,18?,19-,20+,21-,22-,23?,24?,25?,28+,29-,30+,31+,32+/m0/s1. The van der Waals surface area contributed by atoms with E-state index in [-0.39, 0.29) is 12.9 Å². The third-order valence-electron chi connectivity index (χ3n) is 11.1. The minimum absolute atomic E-state index is 0.268. The number of aliphatic carboxylic acids is 1. The van der Waals surface area contributed by atoms with E-state index in [4.69, 9.17) is 69.1 Å². The van der Waals surface area contributed by atoms with Crippen LogP contribution in [-0.2, 0) is 95.7 Å². The van der Waals surface area contributed by atoms with Gasteiger partial charge in [-0.1, -0.05) is 0 Å². The summed E-state index contributed by atoms with van der Waals surface area (Å²) in [6.07, 6.45) is -39.5. The first-order valence-electron chi connectivity index (χ1n) is 19.6. The van der Waals surface area contributed by atoms with Crippen LogP contribution in [0.15, 0.2) is 0 Å². The van der Waals surface area contributed by atoms with E-state index in [9.17, 15) is 71.5 Å². The minimum Gasteiger partial charge on any atom is -0.479 e. The first-order chi connectivity index (χ1) is 30.7. The second kappa shape index (κ2) is 22.1. The molecule has 24 atom stereocenters. The van der Waals surface area contributed by atoms with Crippen LogP contribution in [0.4, 0.5) is 0 Å². The number of carbonyl (C=O) groups is 3. The maximum absolute atomic E-state index is 12.9. The number of nitrogens with two attached hydrogens (primary N) is 3. The molecule has 5 saturated heterocycles. The lowest BCUT2D eigenvalue weighted by Gasteiger charge is -2.48. The van der Waals surface area contributed by atoms with Gasteiger partial charge in [-0.15, -0.1) is 0 Å². The zero-order valence-corrected chi connectivity index (χ0v) is 36.2. The fourth-order valence-corrected chi connectivity index (χ4v) is 8.41. The molecule has 32 nitrogen and oxygen atoms in total. The normalized spacial score (nSPS) is 46.0. The van der Waals surface area contributed by atoms with Gasteiger partial charge in [0.2, 0.25) is 0 Å². The number of rotatable bonds is 17. The van der Waals surface area contributed by atoms with Gasteiger partial charge < -0.3 is 105 Å². The lowest BCUT2D eigenvalue weighted by Crippen LogP contribution is -2.68. The summed E-state index contributed by atoms with van der Waals surface area (Å²) < 4.78 is 134. The number of esters is 1. The van der Waals surface area contributed by atoms with Gasteiger partial charge in [-0.3, -0.25) is 13.9 Å². The summed E-state index contributed by atoms with van der Waals surface area (Å²) in [6.45, 7) is 1.29. The summed E-state index contributed by atoms with van der Waals surface area (Å²) in [7, 11) is -9.68. The SMILES string of the molecule is CO[C@H]1OC(COS(=O)(=O)O)[C@@H](O[C@@H]2OC(C(=O)O)[C@@H](O[C@H]3OC(C)[C@@H](O[C@@H]4OC(C(=O)OC=O)[C@@H](O[C@H]5OC(C)[C@@H](O)[C@H](O)C5N)[C@H](O)C4O)CC3N)[C@H](O)C2OS(=O)(=O)O)[C@H](O)C1N. The Kier molecular flexibility index (Phi) is 18.3. The van der Waals surface area contributed by atoms with Crippen molar-refractivity contribution in [3.63, 3.8) is 0 Å². The molecule has 0 amide bonds. The molecular formula is C32H53N3O29S2. The van der Waals surface area contributed by atoms with E-state index in [2.05, 4.69) is 13.1 Å². The second-order valence-electron chi connectivity index (χ2n) is 15.6. The quantitative estimate of drug-likeness (QED) is 0.0279. The zero-order valence-electron chi connectivity index (χ0n) is 34.6. The monoisotopic (exact) mass is 1010 g/mol. The largest absolute Gasteiger partial charge is 0.479 e. The molecule has 5 aliphatic rings. The number of carboxylic acids is 1. The summed E-state index contributed by atoms with van der Waals surface area (Å²) in [5.74, 6) is -3.36. The average Bonchev–Trinajstić information content (AvgIpc) is 3.22. The zero-order chi connectivity index (χ0) is 49.3. The summed E-state index contributed by atoms with van der Waals surface area (Å²) >= 11 is 0. The van der Waals surface area contributed by atoms with E-state index in [0.29, 0.717) is 0 Å². The highest BCUT2D eigenvalue weighted by atomic mass is 32.3. The van der Waals surface area contributed by atoms with Crippen molar-refractivity contribution in [2.24, 2.45) is 17.2 Å². The number of hydrogen-bond acceptors (Lipinski definition) is 29. The lowest BCUT2D eigenvalue weighted by molar-refractivity contribution is -0.363. The number of ether oxygens (including phenoxy) is 11. The van der Waals surface area contributed by atoms with Gasteiger partial charge >= 0.3 is 39.2 Å². The predicted molar refractivity (Wildman–Crippen MR) is 199 cm³/mol. The van der Waals surface area contributed by atoms with Crippen LogP contribution < -0.4 is 17.2 Å². The first kappa shape index (κ1) is 54.5. The Balaban J connectivity index is 1.31. The lowest BCUT2D eigenvalue weighted by atomic mass is 9.95. The highest BCUT2D eigenvalue weighted by Gasteiger charge is 2.57. The third kappa shape index (κ3) is 12.7. The Morgan fingerprint density at radius 3 is 1.80 bits per heavy atom. The van der Waals surface area contributed by atoms with Gasteiger partial charge in [0.05, 0.1) is 43.0 Å². The van der Waals surface area contributed by atoms with E-state index in [1.54, 1.807) is 0 Å². The third-order valence-corrected chi connectivity index (χ3v) is 12.0. The maximum atomic E-state index is 12.9. The molecule has 0 aliphatic carbocycles. The molecule has 0 aromatic carbocycles. The highest BCUT2D eigenvalue weighted by Crippen LogP contribution is 2.36. The molecule has 5 aliphatic heterocycles. The van der Waals surface area contributed by atoms with Crippen LogP contribution >= 0.6 is 0 Å². The Hall–Kier alpha value is -2.41. The van der Waals surface area contributed by atoms with Crippen molar-refractivity contribution in [1.82, 2.24) is 0 Å². The van der Waals surface area contributed by atoms with E-state index in [1.165, 1.54) is 13.8 Å². The topological polar surface area (TPSA) is 500 Å². The number of hydrogen-bond donors (Lipinski definition) is 12. The Morgan fingerprint density at radius 2 is 1.21 bits per heavy atom. The molecule has 0 aromatic heterocycles. The van der Waals surface area contributed by atoms with Gasteiger partial charge in [-0.05, 0) is 20.3 Å². The molecule has 0 radical (unpaired) electrons. The molecule has 0 bridgehead atoms. The van der Waals surface area contributed by atoms with Crippen molar-refractivity contribution in [2.45, 2.75) is 168 Å². The number of methoxy groups -OCH3 is 1. The van der Waals surface area contributed by atoms with Crippen LogP contribution in [0.1, 0.15) is 20.3 Å². The van der Waals surface area contributed by atoms with E-state index in [0.717, 1.165) is 7.11 Å². The van der Waals surface area contributed by atoms with Crippen LogP contribution in [0.25, 0.3) is 0 Å². The van der Waals surface area contributed by atoms with Crippen molar-refractivity contribution in [3.8, 4) is 0 Å². The molecule has 15 N–H and O–H groups in total. The van der Waals surface area contributed by atoms with E-state index >= 15 is 0 Å². The molecule has 5 rings (SSSR count). The molecule has 34 heteroatoms. The summed E-state index contributed by atoms with van der Waals surface area (Å²) in [5, 5.41) is 75.2. The molecule has 66 heavy (non-hydrogen) atoms. The second-order valence-corrected chi connectivity index (χ2v) is 17.7. The van der Waals surface area contributed by atoms with E-state index in [1.807, 2.05) is 0 Å². The van der Waals surface area contributed by atoms with Gasteiger partial charge in [0.15, 0.2) is 49.8 Å².